The van der Waals surface area contributed by atoms with Crippen molar-refractivity contribution in [3.63, 3.8) is 0 Å². The zero-order valence-electron chi connectivity index (χ0n) is 8.95. The van der Waals surface area contributed by atoms with Crippen LogP contribution in [0.5, 0.6) is 5.75 Å². The Morgan fingerprint density at radius 2 is 2.19 bits per heavy atom. The van der Waals surface area contributed by atoms with E-state index in [4.69, 9.17) is 15.0 Å². The molecular formula is C11H11BrN2O2. The lowest BCUT2D eigenvalue weighted by molar-refractivity contribution is 0.411. The van der Waals surface area contributed by atoms with Crippen molar-refractivity contribution >= 4 is 21.8 Å². The molecular weight excluding hydrogens is 272 g/mol. The van der Waals surface area contributed by atoms with Crippen molar-refractivity contribution in [2.24, 2.45) is 0 Å². The number of nitrogen functional groups attached to an aromatic ring is 1. The summed E-state index contributed by atoms with van der Waals surface area (Å²) in [4.78, 5) is 0. The first-order valence-electron chi connectivity index (χ1n) is 4.69. The lowest BCUT2D eigenvalue weighted by atomic mass is 10.1. The molecule has 0 fully saturated rings. The normalized spacial score (nSPS) is 10.4. The van der Waals surface area contributed by atoms with E-state index in [0.29, 0.717) is 5.69 Å². The molecule has 0 aliphatic carbocycles. The Morgan fingerprint density at radius 1 is 1.44 bits per heavy atom. The highest BCUT2D eigenvalue weighted by Gasteiger charge is 2.16. The van der Waals surface area contributed by atoms with Crippen LogP contribution in [-0.4, -0.2) is 12.3 Å². The number of aryl methyl sites for hydroxylation is 1. The molecule has 0 aliphatic heterocycles. The first-order valence-corrected chi connectivity index (χ1v) is 5.48. The van der Waals surface area contributed by atoms with Gasteiger partial charge in [0.25, 0.3) is 0 Å². The minimum Gasteiger partial charge on any atom is -0.496 e. The number of methoxy groups -OCH3 is 1. The van der Waals surface area contributed by atoms with Crippen LogP contribution in [0.15, 0.2) is 27.2 Å². The van der Waals surface area contributed by atoms with Gasteiger partial charge in [0.2, 0.25) is 5.88 Å². The zero-order valence-corrected chi connectivity index (χ0v) is 10.5. The number of benzene rings is 1. The van der Waals surface area contributed by atoms with E-state index in [9.17, 15) is 0 Å². The molecule has 1 heterocycles. The van der Waals surface area contributed by atoms with Gasteiger partial charge in [-0.3, -0.25) is 0 Å². The Hall–Kier alpha value is -1.49. The third kappa shape index (κ3) is 1.78. The van der Waals surface area contributed by atoms with Crippen LogP contribution in [0.2, 0.25) is 0 Å². The van der Waals surface area contributed by atoms with E-state index in [0.717, 1.165) is 21.3 Å². The molecule has 0 radical (unpaired) electrons. The molecule has 0 amide bonds. The smallest absolute Gasteiger partial charge is 0.222 e. The third-order valence-corrected chi connectivity index (χ3v) is 2.95. The Labute approximate surface area is 102 Å². The van der Waals surface area contributed by atoms with E-state index in [1.807, 2.05) is 19.1 Å². The van der Waals surface area contributed by atoms with Gasteiger partial charge in [-0.2, -0.15) is 0 Å². The second kappa shape index (κ2) is 4.17. The van der Waals surface area contributed by atoms with Gasteiger partial charge in [-0.05, 0) is 34.5 Å². The van der Waals surface area contributed by atoms with E-state index in [1.165, 1.54) is 0 Å². The highest BCUT2D eigenvalue weighted by Crippen LogP contribution is 2.38. The van der Waals surface area contributed by atoms with Crippen LogP contribution < -0.4 is 10.5 Å². The first-order chi connectivity index (χ1) is 7.63. The Morgan fingerprint density at radius 3 is 2.75 bits per heavy atom. The number of hydrogen-bond acceptors (Lipinski definition) is 4. The summed E-state index contributed by atoms with van der Waals surface area (Å²) >= 11 is 3.47. The summed E-state index contributed by atoms with van der Waals surface area (Å²) in [5.41, 5.74) is 8.05. The third-order valence-electron chi connectivity index (χ3n) is 2.29. The molecule has 0 atom stereocenters. The topological polar surface area (TPSA) is 61.3 Å². The first kappa shape index (κ1) is 11.0. The van der Waals surface area contributed by atoms with Gasteiger partial charge in [0.15, 0.2) is 0 Å². The van der Waals surface area contributed by atoms with Crippen molar-refractivity contribution in [2.45, 2.75) is 6.92 Å². The van der Waals surface area contributed by atoms with Gasteiger partial charge in [-0.1, -0.05) is 11.2 Å². The number of hydrogen-bond donors (Lipinski definition) is 1. The fourth-order valence-electron chi connectivity index (χ4n) is 1.57. The molecule has 84 valence electrons. The predicted octanol–water partition coefficient (Wildman–Crippen LogP) is 3.00. The minimum absolute atomic E-state index is 0.283. The quantitative estimate of drug-likeness (QED) is 0.920. The van der Waals surface area contributed by atoms with E-state index in [1.54, 1.807) is 13.2 Å². The lowest BCUT2D eigenvalue weighted by Crippen LogP contribution is -1.92. The largest absolute Gasteiger partial charge is 0.496 e. The summed E-state index contributed by atoms with van der Waals surface area (Å²) in [6.45, 7) is 1.97. The second-order valence-corrected chi connectivity index (χ2v) is 4.24. The summed E-state index contributed by atoms with van der Waals surface area (Å²) in [5.74, 6) is 1.05. The maximum atomic E-state index is 5.51. The maximum Gasteiger partial charge on any atom is 0.222 e. The summed E-state index contributed by atoms with van der Waals surface area (Å²) < 4.78 is 11.1. The summed E-state index contributed by atoms with van der Waals surface area (Å²) in [6, 6.07) is 5.58. The highest BCUT2D eigenvalue weighted by atomic mass is 79.9. The van der Waals surface area contributed by atoms with Crippen molar-refractivity contribution < 1.29 is 9.26 Å². The average Bonchev–Trinajstić information content (AvgIpc) is 2.67. The van der Waals surface area contributed by atoms with Gasteiger partial charge in [-0.25, -0.2) is 0 Å². The molecule has 4 nitrogen and oxygen atoms in total. The van der Waals surface area contributed by atoms with E-state index in [2.05, 4.69) is 21.1 Å². The Balaban J connectivity index is 2.67. The zero-order chi connectivity index (χ0) is 11.7. The van der Waals surface area contributed by atoms with Crippen molar-refractivity contribution in [2.75, 3.05) is 12.8 Å². The van der Waals surface area contributed by atoms with Crippen molar-refractivity contribution in [3.8, 4) is 17.0 Å². The molecule has 0 unspecified atom stereocenters. The van der Waals surface area contributed by atoms with E-state index < -0.39 is 0 Å². The van der Waals surface area contributed by atoms with Gasteiger partial charge >= 0.3 is 0 Å². The van der Waals surface area contributed by atoms with Crippen molar-refractivity contribution in [1.29, 1.82) is 0 Å². The van der Waals surface area contributed by atoms with Gasteiger partial charge in [0.1, 0.15) is 11.4 Å². The molecule has 0 bridgehead atoms. The van der Waals surface area contributed by atoms with Crippen LogP contribution in [0.3, 0.4) is 0 Å². The number of aromatic nitrogens is 1. The Kier molecular flexibility index (Phi) is 2.87. The molecule has 16 heavy (non-hydrogen) atoms. The number of halogens is 1. The molecule has 0 saturated carbocycles. The highest BCUT2D eigenvalue weighted by molar-refractivity contribution is 9.10. The molecule has 0 spiro atoms. The SMILES string of the molecule is COc1c(C)ccc(Br)c1-c1cc(N)on1. The molecule has 1 aromatic carbocycles. The van der Waals surface area contributed by atoms with Crippen LogP contribution in [0.4, 0.5) is 5.88 Å². The maximum absolute atomic E-state index is 5.51. The number of rotatable bonds is 2. The molecule has 2 N–H and O–H groups in total. The van der Waals surface area contributed by atoms with Crippen LogP contribution in [-0.2, 0) is 0 Å². The van der Waals surface area contributed by atoms with Crippen LogP contribution >= 0.6 is 15.9 Å². The van der Waals surface area contributed by atoms with Crippen molar-refractivity contribution in [3.05, 3.63) is 28.2 Å². The van der Waals surface area contributed by atoms with Crippen LogP contribution in [0.25, 0.3) is 11.3 Å². The molecule has 1 aromatic heterocycles. The molecule has 0 aliphatic rings. The average molecular weight is 283 g/mol. The molecule has 2 rings (SSSR count). The van der Waals surface area contributed by atoms with Gasteiger partial charge in [-0.15, -0.1) is 0 Å². The van der Waals surface area contributed by atoms with E-state index >= 15 is 0 Å². The summed E-state index contributed by atoms with van der Waals surface area (Å²) in [5, 5.41) is 3.89. The molecule has 0 saturated heterocycles. The molecule has 5 heteroatoms. The number of nitrogens with two attached hydrogens (primary N) is 1. The number of nitrogens with zero attached hydrogens (tertiary/aromatic N) is 1. The molecule has 2 aromatic rings. The number of anilines is 1. The van der Waals surface area contributed by atoms with Crippen LogP contribution in [0, 0.1) is 6.92 Å². The fraction of sp³-hybridized carbons (Fsp3) is 0.182. The van der Waals surface area contributed by atoms with E-state index in [-0.39, 0.29) is 5.88 Å². The Bertz CT molecular complexity index is 523. The predicted molar refractivity (Wildman–Crippen MR) is 65.3 cm³/mol. The number of ether oxygens (including phenoxy) is 1. The van der Waals surface area contributed by atoms with Gasteiger partial charge in [0.05, 0.1) is 12.7 Å². The van der Waals surface area contributed by atoms with Crippen LogP contribution in [0.1, 0.15) is 5.56 Å². The summed E-state index contributed by atoms with van der Waals surface area (Å²) in [7, 11) is 1.63. The van der Waals surface area contributed by atoms with Gasteiger partial charge < -0.3 is 15.0 Å². The lowest BCUT2D eigenvalue weighted by Gasteiger charge is -2.10. The second-order valence-electron chi connectivity index (χ2n) is 3.39. The summed E-state index contributed by atoms with van der Waals surface area (Å²) in [6.07, 6.45) is 0. The fourth-order valence-corrected chi connectivity index (χ4v) is 2.09. The standard InChI is InChI=1S/C11H11BrN2O2/c1-6-3-4-7(12)10(11(6)15-2)8-5-9(13)16-14-8/h3-5H,13H2,1-2H3. The monoisotopic (exact) mass is 282 g/mol. The van der Waals surface area contributed by atoms with Gasteiger partial charge in [0, 0.05) is 10.5 Å². The minimum atomic E-state index is 0.283. The van der Waals surface area contributed by atoms with Crippen molar-refractivity contribution in [1.82, 2.24) is 5.16 Å².